The Bertz CT molecular complexity index is 505. The molecule has 0 saturated heterocycles. The van der Waals surface area contributed by atoms with Crippen molar-refractivity contribution in [3.8, 4) is 0 Å². The first-order valence-electron chi connectivity index (χ1n) is 6.86. The predicted octanol–water partition coefficient (Wildman–Crippen LogP) is 5.09. The fourth-order valence-electron chi connectivity index (χ4n) is 1.90. The SMILES string of the molecule is CCCCC/C=C/c1cc(C(F)(F)F)ccc1C(=O)OC. The molecular weight excluding hydrogens is 281 g/mol. The van der Waals surface area contributed by atoms with Gasteiger partial charge in [-0.25, -0.2) is 4.79 Å². The zero-order valence-corrected chi connectivity index (χ0v) is 12.2. The van der Waals surface area contributed by atoms with Crippen LogP contribution in [-0.4, -0.2) is 13.1 Å². The van der Waals surface area contributed by atoms with Crippen LogP contribution in [0, 0.1) is 0 Å². The average Bonchev–Trinajstić information content (AvgIpc) is 2.45. The van der Waals surface area contributed by atoms with Crippen molar-refractivity contribution in [3.05, 3.63) is 41.0 Å². The average molecular weight is 300 g/mol. The first kappa shape index (κ1) is 17.3. The van der Waals surface area contributed by atoms with Gasteiger partial charge >= 0.3 is 12.1 Å². The summed E-state index contributed by atoms with van der Waals surface area (Å²) in [7, 11) is 1.20. The van der Waals surface area contributed by atoms with Gasteiger partial charge in [-0.15, -0.1) is 0 Å². The van der Waals surface area contributed by atoms with Crippen LogP contribution in [0.25, 0.3) is 6.08 Å². The maximum Gasteiger partial charge on any atom is 0.416 e. The van der Waals surface area contributed by atoms with E-state index in [4.69, 9.17) is 0 Å². The fraction of sp³-hybridized carbons (Fsp3) is 0.438. The number of methoxy groups -OCH3 is 1. The fourth-order valence-corrected chi connectivity index (χ4v) is 1.90. The standard InChI is InChI=1S/C16H19F3O2/c1-3-4-5-6-7-8-12-11-13(16(17,18)19)9-10-14(12)15(20)21-2/h7-11H,3-6H2,1-2H3/b8-7+. The molecule has 0 aliphatic rings. The van der Waals surface area contributed by atoms with E-state index in [0.29, 0.717) is 0 Å². The molecule has 1 rings (SSSR count). The van der Waals surface area contributed by atoms with E-state index in [0.717, 1.165) is 43.9 Å². The van der Waals surface area contributed by atoms with Crippen molar-refractivity contribution in [2.24, 2.45) is 0 Å². The number of carbonyl (C=O) groups is 1. The second-order valence-electron chi connectivity index (χ2n) is 4.69. The molecule has 0 spiro atoms. The molecule has 2 nitrogen and oxygen atoms in total. The minimum Gasteiger partial charge on any atom is -0.465 e. The number of alkyl halides is 3. The van der Waals surface area contributed by atoms with Crippen molar-refractivity contribution < 1.29 is 22.7 Å². The zero-order chi connectivity index (χ0) is 15.9. The number of carbonyl (C=O) groups excluding carboxylic acids is 1. The molecule has 0 radical (unpaired) electrons. The van der Waals surface area contributed by atoms with Crippen molar-refractivity contribution in [3.63, 3.8) is 0 Å². The van der Waals surface area contributed by atoms with E-state index in [-0.39, 0.29) is 11.1 Å². The van der Waals surface area contributed by atoms with Crippen LogP contribution in [0.4, 0.5) is 13.2 Å². The number of allylic oxidation sites excluding steroid dienone is 1. The van der Waals surface area contributed by atoms with Gasteiger partial charge < -0.3 is 4.74 Å². The number of rotatable bonds is 6. The molecule has 0 aliphatic heterocycles. The molecular formula is C16H19F3O2. The molecule has 0 amide bonds. The first-order chi connectivity index (χ1) is 9.90. The van der Waals surface area contributed by atoms with Gasteiger partial charge in [0.2, 0.25) is 0 Å². The van der Waals surface area contributed by atoms with Crippen LogP contribution in [0.3, 0.4) is 0 Å². The Hall–Kier alpha value is -1.78. The summed E-state index contributed by atoms with van der Waals surface area (Å²) in [6, 6.07) is 3.02. The maximum absolute atomic E-state index is 12.7. The second kappa shape index (κ2) is 7.86. The summed E-state index contributed by atoms with van der Waals surface area (Å²) in [5.74, 6) is -0.642. The maximum atomic E-state index is 12.7. The summed E-state index contributed by atoms with van der Waals surface area (Å²) in [6.07, 6.45) is 2.79. The van der Waals surface area contributed by atoms with Gasteiger partial charge in [-0.3, -0.25) is 0 Å². The van der Waals surface area contributed by atoms with E-state index < -0.39 is 17.7 Å². The highest BCUT2D eigenvalue weighted by Crippen LogP contribution is 2.31. The quantitative estimate of drug-likeness (QED) is 0.540. The zero-order valence-electron chi connectivity index (χ0n) is 12.2. The van der Waals surface area contributed by atoms with Crippen molar-refractivity contribution in [2.75, 3.05) is 7.11 Å². The first-order valence-corrected chi connectivity index (χ1v) is 6.86. The van der Waals surface area contributed by atoms with Gasteiger partial charge in [0.1, 0.15) is 0 Å². The number of benzene rings is 1. The third-order valence-corrected chi connectivity index (χ3v) is 3.06. The Morgan fingerprint density at radius 3 is 2.57 bits per heavy atom. The smallest absolute Gasteiger partial charge is 0.416 e. The lowest BCUT2D eigenvalue weighted by atomic mass is 10.0. The number of hydrogen-bond acceptors (Lipinski definition) is 2. The molecule has 0 saturated carbocycles. The van der Waals surface area contributed by atoms with Crippen LogP contribution in [0.2, 0.25) is 0 Å². The van der Waals surface area contributed by atoms with E-state index in [9.17, 15) is 18.0 Å². The van der Waals surface area contributed by atoms with Crippen molar-refractivity contribution in [1.29, 1.82) is 0 Å². The Morgan fingerprint density at radius 1 is 1.29 bits per heavy atom. The van der Waals surface area contributed by atoms with Crippen LogP contribution in [0.5, 0.6) is 0 Å². The summed E-state index contributed by atoms with van der Waals surface area (Å²) in [4.78, 5) is 11.6. The van der Waals surface area contributed by atoms with E-state index in [1.807, 2.05) is 0 Å². The highest BCUT2D eigenvalue weighted by atomic mass is 19.4. The van der Waals surface area contributed by atoms with Gasteiger partial charge in [-0.1, -0.05) is 31.9 Å². The molecule has 0 heterocycles. The van der Waals surface area contributed by atoms with Crippen LogP contribution >= 0.6 is 0 Å². The Labute approximate surface area is 122 Å². The number of esters is 1. The largest absolute Gasteiger partial charge is 0.465 e. The summed E-state index contributed by atoms with van der Waals surface area (Å²) >= 11 is 0. The van der Waals surface area contributed by atoms with Gasteiger partial charge in [0.15, 0.2) is 0 Å². The van der Waals surface area contributed by atoms with Crippen molar-refractivity contribution in [2.45, 2.75) is 38.8 Å². The third-order valence-electron chi connectivity index (χ3n) is 3.06. The molecule has 0 atom stereocenters. The van der Waals surface area contributed by atoms with Crippen molar-refractivity contribution >= 4 is 12.0 Å². The molecule has 116 valence electrons. The predicted molar refractivity (Wildman–Crippen MR) is 76.0 cm³/mol. The monoisotopic (exact) mass is 300 g/mol. The molecule has 1 aromatic carbocycles. The van der Waals surface area contributed by atoms with Gasteiger partial charge in [-0.2, -0.15) is 13.2 Å². The molecule has 5 heteroatoms. The lowest BCUT2D eigenvalue weighted by Gasteiger charge is -2.10. The van der Waals surface area contributed by atoms with E-state index >= 15 is 0 Å². The van der Waals surface area contributed by atoms with Gasteiger partial charge in [0.05, 0.1) is 18.2 Å². The molecule has 0 N–H and O–H groups in total. The number of unbranched alkanes of at least 4 members (excludes halogenated alkanes) is 3. The van der Waals surface area contributed by atoms with E-state index in [2.05, 4.69) is 11.7 Å². The minimum absolute atomic E-state index is 0.136. The highest BCUT2D eigenvalue weighted by Gasteiger charge is 2.31. The van der Waals surface area contributed by atoms with Gasteiger partial charge in [0, 0.05) is 0 Å². The molecule has 0 bridgehead atoms. The molecule has 0 unspecified atom stereocenters. The summed E-state index contributed by atoms with van der Waals surface area (Å²) in [5.41, 5.74) is -0.409. The Balaban J connectivity index is 3.02. The van der Waals surface area contributed by atoms with Gasteiger partial charge in [0.25, 0.3) is 0 Å². The number of halogens is 3. The van der Waals surface area contributed by atoms with Crippen LogP contribution in [0.15, 0.2) is 24.3 Å². The van der Waals surface area contributed by atoms with Crippen LogP contribution < -0.4 is 0 Å². The van der Waals surface area contributed by atoms with Gasteiger partial charge in [-0.05, 0) is 36.6 Å². The van der Waals surface area contributed by atoms with Crippen LogP contribution in [-0.2, 0) is 10.9 Å². The molecule has 0 fully saturated rings. The highest BCUT2D eigenvalue weighted by molar-refractivity contribution is 5.93. The van der Waals surface area contributed by atoms with E-state index in [1.165, 1.54) is 7.11 Å². The summed E-state index contributed by atoms with van der Waals surface area (Å²) in [5, 5.41) is 0. The molecule has 0 aliphatic carbocycles. The topological polar surface area (TPSA) is 26.3 Å². The third kappa shape index (κ3) is 5.25. The molecule has 21 heavy (non-hydrogen) atoms. The second-order valence-corrected chi connectivity index (χ2v) is 4.69. The Morgan fingerprint density at radius 2 is 2.00 bits per heavy atom. The Kier molecular flexibility index (Phi) is 6.46. The normalized spacial score (nSPS) is 11.9. The van der Waals surface area contributed by atoms with Crippen molar-refractivity contribution in [1.82, 2.24) is 0 Å². The number of hydrogen-bond donors (Lipinski definition) is 0. The number of ether oxygens (including phenoxy) is 1. The molecule has 0 aromatic heterocycles. The van der Waals surface area contributed by atoms with E-state index in [1.54, 1.807) is 12.2 Å². The molecule has 1 aromatic rings. The minimum atomic E-state index is -4.43. The lowest BCUT2D eigenvalue weighted by molar-refractivity contribution is -0.137. The summed E-state index contributed by atoms with van der Waals surface area (Å²) < 4.78 is 42.8. The summed E-state index contributed by atoms with van der Waals surface area (Å²) in [6.45, 7) is 2.08. The van der Waals surface area contributed by atoms with Crippen LogP contribution in [0.1, 0.15) is 54.1 Å². The lowest BCUT2D eigenvalue weighted by Crippen LogP contribution is -2.09.